The molecule has 1 rings (SSSR count). The number of rotatable bonds is 7. The van der Waals surface area contributed by atoms with Crippen molar-refractivity contribution in [1.82, 2.24) is 5.32 Å². The van der Waals surface area contributed by atoms with Gasteiger partial charge in [0.1, 0.15) is 12.6 Å². The Hall–Kier alpha value is -2.64. The van der Waals surface area contributed by atoms with Crippen LogP contribution in [0.5, 0.6) is 0 Å². The Balaban J connectivity index is 2.49. The van der Waals surface area contributed by atoms with E-state index in [9.17, 15) is 18.8 Å². The van der Waals surface area contributed by atoms with E-state index in [2.05, 4.69) is 0 Å². The summed E-state index contributed by atoms with van der Waals surface area (Å²) in [6.45, 7) is -0.0616. The van der Waals surface area contributed by atoms with Crippen molar-refractivity contribution in [3.05, 3.63) is 35.9 Å². The van der Waals surface area contributed by atoms with Gasteiger partial charge >= 0.3 is 12.1 Å². The van der Waals surface area contributed by atoms with Gasteiger partial charge in [0.25, 0.3) is 5.91 Å². The average molecular weight is 298 g/mol. The fourth-order valence-electron chi connectivity index (χ4n) is 1.45. The Morgan fingerprint density at radius 3 is 2.43 bits per heavy atom. The molecule has 0 spiro atoms. The number of carboxylic acids is 1. The second-order valence-electron chi connectivity index (χ2n) is 4.20. The number of hydrogen-bond acceptors (Lipinski definition) is 4. The molecule has 7 nitrogen and oxygen atoms in total. The number of amides is 2. The maximum atomic E-state index is 13.1. The van der Waals surface area contributed by atoms with Gasteiger partial charge < -0.3 is 20.9 Å². The molecule has 0 heterocycles. The fourth-order valence-corrected chi connectivity index (χ4v) is 1.45. The third-order valence-electron chi connectivity index (χ3n) is 2.55. The third kappa shape index (κ3) is 5.89. The molecule has 0 bridgehead atoms. The highest BCUT2D eigenvalue weighted by atomic mass is 19.1. The molecule has 0 unspecified atom stereocenters. The monoisotopic (exact) mass is 298 g/mol. The van der Waals surface area contributed by atoms with Crippen LogP contribution in [0.4, 0.5) is 9.18 Å². The molecule has 8 heteroatoms. The van der Waals surface area contributed by atoms with Crippen molar-refractivity contribution in [3.63, 3.8) is 0 Å². The van der Waals surface area contributed by atoms with Crippen LogP contribution in [-0.2, 0) is 20.9 Å². The van der Waals surface area contributed by atoms with E-state index < -0.39 is 36.6 Å². The van der Waals surface area contributed by atoms with E-state index in [1.165, 1.54) is 0 Å². The van der Waals surface area contributed by atoms with Crippen molar-refractivity contribution < 1.29 is 28.6 Å². The van der Waals surface area contributed by atoms with Gasteiger partial charge in [0.15, 0.2) is 6.17 Å². The summed E-state index contributed by atoms with van der Waals surface area (Å²) in [5.74, 6) is -2.78. The fraction of sp³-hybridized carbons (Fsp3) is 0.308. The molecule has 1 aromatic rings. The highest BCUT2D eigenvalue weighted by Crippen LogP contribution is 2.05. The van der Waals surface area contributed by atoms with Crippen LogP contribution in [0.15, 0.2) is 30.3 Å². The van der Waals surface area contributed by atoms with Crippen molar-refractivity contribution in [2.45, 2.75) is 25.2 Å². The van der Waals surface area contributed by atoms with E-state index in [1.807, 2.05) is 5.32 Å². The molecule has 0 aliphatic carbocycles. The lowest BCUT2D eigenvalue weighted by atomic mass is 10.1. The van der Waals surface area contributed by atoms with Crippen LogP contribution in [0.2, 0.25) is 0 Å². The second kappa shape index (κ2) is 7.83. The summed E-state index contributed by atoms with van der Waals surface area (Å²) in [7, 11) is 0. The standard InChI is InChI=1S/C13H15FN2O5/c14-9(11(15)17)6-10(12(18)19)16-13(20)21-7-8-4-2-1-3-5-8/h1-5,9-10H,6-7H2,(H2,15,17)(H,16,20)(H,18,19)/t9-,10+/m0/s1. The first kappa shape index (κ1) is 16.4. The minimum Gasteiger partial charge on any atom is -0.480 e. The summed E-state index contributed by atoms with van der Waals surface area (Å²) in [5.41, 5.74) is 5.41. The van der Waals surface area contributed by atoms with Gasteiger partial charge in [-0.25, -0.2) is 14.0 Å². The number of ether oxygens (including phenoxy) is 1. The molecular formula is C13H15FN2O5. The first-order valence-electron chi connectivity index (χ1n) is 6.03. The van der Waals surface area contributed by atoms with Crippen LogP contribution in [0.3, 0.4) is 0 Å². The largest absolute Gasteiger partial charge is 0.480 e. The van der Waals surface area contributed by atoms with E-state index >= 15 is 0 Å². The van der Waals surface area contributed by atoms with Gasteiger partial charge in [-0.1, -0.05) is 30.3 Å². The van der Waals surface area contributed by atoms with Gasteiger partial charge in [0.05, 0.1) is 0 Å². The molecular weight excluding hydrogens is 283 g/mol. The molecule has 2 amide bonds. The van der Waals surface area contributed by atoms with E-state index in [1.54, 1.807) is 30.3 Å². The maximum absolute atomic E-state index is 13.1. The Morgan fingerprint density at radius 1 is 1.29 bits per heavy atom. The maximum Gasteiger partial charge on any atom is 0.408 e. The van der Waals surface area contributed by atoms with Gasteiger partial charge in [-0.3, -0.25) is 4.79 Å². The number of alkyl halides is 1. The molecule has 4 N–H and O–H groups in total. The highest BCUT2D eigenvalue weighted by Gasteiger charge is 2.27. The first-order chi connectivity index (χ1) is 9.90. The predicted molar refractivity (Wildman–Crippen MR) is 69.9 cm³/mol. The Bertz CT molecular complexity index is 509. The molecule has 0 aliphatic heterocycles. The summed E-state index contributed by atoms with van der Waals surface area (Å²) in [5, 5.41) is 10.8. The van der Waals surface area contributed by atoms with Crippen LogP contribution < -0.4 is 11.1 Å². The average Bonchev–Trinajstić information content (AvgIpc) is 2.45. The van der Waals surface area contributed by atoms with Gasteiger partial charge in [0, 0.05) is 6.42 Å². The lowest BCUT2D eigenvalue weighted by Crippen LogP contribution is -2.44. The lowest BCUT2D eigenvalue weighted by molar-refractivity contribution is -0.140. The zero-order chi connectivity index (χ0) is 15.8. The smallest absolute Gasteiger partial charge is 0.408 e. The van der Waals surface area contributed by atoms with Crippen molar-refractivity contribution in [2.75, 3.05) is 0 Å². The quantitative estimate of drug-likeness (QED) is 0.680. The van der Waals surface area contributed by atoms with Crippen molar-refractivity contribution >= 4 is 18.0 Å². The van der Waals surface area contributed by atoms with Crippen LogP contribution in [0.1, 0.15) is 12.0 Å². The molecule has 0 aliphatic rings. The molecule has 0 fully saturated rings. The summed E-state index contributed by atoms with van der Waals surface area (Å²) in [6.07, 6.45) is -3.95. The number of carbonyl (C=O) groups is 3. The molecule has 0 saturated heterocycles. The SMILES string of the molecule is NC(=O)[C@@H](F)C[C@@H](NC(=O)OCc1ccccc1)C(=O)O. The van der Waals surface area contributed by atoms with Gasteiger partial charge in [-0.15, -0.1) is 0 Å². The number of carboxylic acid groups (broad SMARTS) is 1. The molecule has 0 aromatic heterocycles. The summed E-state index contributed by atoms with van der Waals surface area (Å²) >= 11 is 0. The van der Waals surface area contributed by atoms with Crippen molar-refractivity contribution in [3.8, 4) is 0 Å². The molecule has 0 radical (unpaired) electrons. The number of hydrogen-bond donors (Lipinski definition) is 3. The summed E-state index contributed by atoms with van der Waals surface area (Å²) in [6, 6.07) is 7.11. The van der Waals surface area contributed by atoms with Gasteiger partial charge in [-0.05, 0) is 5.56 Å². The van der Waals surface area contributed by atoms with Crippen molar-refractivity contribution in [2.24, 2.45) is 5.73 Å². The van der Waals surface area contributed by atoms with Crippen LogP contribution in [0, 0.1) is 0 Å². The summed E-state index contributed by atoms with van der Waals surface area (Å²) in [4.78, 5) is 32.9. The third-order valence-corrected chi connectivity index (χ3v) is 2.55. The number of primary amides is 1. The summed E-state index contributed by atoms with van der Waals surface area (Å²) < 4.78 is 17.9. The van der Waals surface area contributed by atoms with E-state index in [4.69, 9.17) is 15.6 Å². The number of halogens is 1. The number of aliphatic carboxylic acids is 1. The Labute approximate surface area is 119 Å². The zero-order valence-corrected chi connectivity index (χ0v) is 11.0. The highest BCUT2D eigenvalue weighted by molar-refractivity contribution is 5.83. The second-order valence-corrected chi connectivity index (χ2v) is 4.20. The minimum absolute atomic E-state index is 0.0616. The Morgan fingerprint density at radius 2 is 1.90 bits per heavy atom. The lowest BCUT2D eigenvalue weighted by Gasteiger charge is -2.15. The molecule has 1 aromatic carbocycles. The van der Waals surface area contributed by atoms with Gasteiger partial charge in [-0.2, -0.15) is 0 Å². The molecule has 2 atom stereocenters. The van der Waals surface area contributed by atoms with Gasteiger partial charge in [0.2, 0.25) is 0 Å². The molecule has 0 saturated carbocycles. The van der Waals surface area contributed by atoms with E-state index in [0.717, 1.165) is 0 Å². The van der Waals surface area contributed by atoms with Crippen LogP contribution in [0.25, 0.3) is 0 Å². The van der Waals surface area contributed by atoms with Crippen LogP contribution >= 0.6 is 0 Å². The number of nitrogens with two attached hydrogens (primary N) is 1. The zero-order valence-electron chi connectivity index (χ0n) is 11.0. The minimum atomic E-state index is -2.17. The van der Waals surface area contributed by atoms with E-state index in [-0.39, 0.29) is 6.61 Å². The number of alkyl carbamates (subject to hydrolysis) is 1. The number of benzene rings is 1. The topological polar surface area (TPSA) is 119 Å². The predicted octanol–water partition coefficient (Wildman–Crippen LogP) is 0.579. The van der Waals surface area contributed by atoms with Crippen LogP contribution in [-0.4, -0.2) is 35.3 Å². The van der Waals surface area contributed by atoms with Crippen molar-refractivity contribution in [1.29, 1.82) is 0 Å². The van der Waals surface area contributed by atoms with E-state index in [0.29, 0.717) is 5.56 Å². The molecule has 21 heavy (non-hydrogen) atoms. The normalized spacial score (nSPS) is 13.0. The number of carbonyl (C=O) groups excluding carboxylic acids is 2. The number of nitrogens with one attached hydrogen (secondary N) is 1. The Kier molecular flexibility index (Phi) is 6.12. The molecule has 114 valence electrons. The first-order valence-corrected chi connectivity index (χ1v) is 6.03.